The summed E-state index contributed by atoms with van der Waals surface area (Å²) in [4.78, 5) is 4.16. The molecule has 3 heterocycles. The van der Waals surface area contributed by atoms with E-state index in [1.54, 1.807) is 23.0 Å². The van der Waals surface area contributed by atoms with Crippen LogP contribution in [0.1, 0.15) is 29.6 Å². The molecule has 3 aromatic rings. The Bertz CT molecular complexity index is 770. The number of hydrogen-bond acceptors (Lipinski definition) is 5. The molecule has 1 aliphatic rings. The van der Waals surface area contributed by atoms with Crippen molar-refractivity contribution in [1.29, 1.82) is 0 Å². The highest BCUT2D eigenvalue weighted by Crippen LogP contribution is 2.36. The first-order valence-electron chi connectivity index (χ1n) is 7.01. The first-order valence-corrected chi connectivity index (χ1v) is 7.01. The van der Waals surface area contributed by atoms with Crippen LogP contribution in [0, 0.1) is 5.82 Å². The van der Waals surface area contributed by atoms with E-state index in [0.717, 1.165) is 17.5 Å². The minimum absolute atomic E-state index is 0.0444. The first kappa shape index (κ1) is 12.9. The van der Waals surface area contributed by atoms with Crippen molar-refractivity contribution in [3.8, 4) is 0 Å². The Morgan fingerprint density at radius 3 is 2.77 bits per heavy atom. The van der Waals surface area contributed by atoms with Crippen LogP contribution in [0.2, 0.25) is 0 Å². The van der Waals surface area contributed by atoms with E-state index in [2.05, 4.69) is 25.8 Å². The van der Waals surface area contributed by atoms with Crippen molar-refractivity contribution in [2.45, 2.75) is 18.5 Å². The molecule has 0 aliphatic carbocycles. The van der Waals surface area contributed by atoms with Gasteiger partial charge in [0, 0.05) is 12.4 Å². The van der Waals surface area contributed by atoms with Crippen molar-refractivity contribution in [2.75, 3.05) is 5.32 Å². The summed E-state index contributed by atoms with van der Waals surface area (Å²) >= 11 is 0. The van der Waals surface area contributed by atoms with Crippen molar-refractivity contribution in [2.24, 2.45) is 0 Å². The molecule has 1 aliphatic heterocycles. The van der Waals surface area contributed by atoms with Gasteiger partial charge < -0.3 is 5.32 Å². The van der Waals surface area contributed by atoms with Gasteiger partial charge in [-0.25, -0.2) is 9.07 Å². The van der Waals surface area contributed by atoms with Gasteiger partial charge in [-0.1, -0.05) is 23.3 Å². The van der Waals surface area contributed by atoms with Crippen LogP contribution in [0.15, 0.2) is 48.8 Å². The number of tetrazole rings is 1. The number of benzene rings is 1. The normalized spacial score (nSPS) is 20.2. The third-order valence-electron chi connectivity index (χ3n) is 3.89. The number of hydrogen-bond donors (Lipinski definition) is 1. The summed E-state index contributed by atoms with van der Waals surface area (Å²) in [6, 6.07) is 10.4. The highest BCUT2D eigenvalue weighted by Gasteiger charge is 2.30. The number of rotatable bonds is 2. The van der Waals surface area contributed by atoms with Gasteiger partial charge in [-0.2, -0.15) is 0 Å². The second-order valence-electron chi connectivity index (χ2n) is 5.23. The molecule has 0 saturated heterocycles. The van der Waals surface area contributed by atoms with E-state index in [1.165, 1.54) is 12.1 Å². The van der Waals surface area contributed by atoms with E-state index in [-0.39, 0.29) is 17.9 Å². The summed E-state index contributed by atoms with van der Waals surface area (Å²) in [6.45, 7) is 0. The number of halogens is 1. The summed E-state index contributed by atoms with van der Waals surface area (Å²) in [5.41, 5.74) is 2.05. The molecule has 0 radical (unpaired) electrons. The van der Waals surface area contributed by atoms with E-state index >= 15 is 0 Å². The Kier molecular flexibility index (Phi) is 3.03. The molecule has 1 N–H and O–H groups in total. The van der Waals surface area contributed by atoms with Crippen LogP contribution in [0.3, 0.4) is 0 Å². The summed E-state index contributed by atoms with van der Waals surface area (Å²) in [6.07, 6.45) is 4.34. The van der Waals surface area contributed by atoms with Gasteiger partial charge in [-0.15, -0.1) is 0 Å². The predicted octanol–water partition coefficient (Wildman–Crippen LogP) is 2.35. The number of pyridine rings is 1. The van der Waals surface area contributed by atoms with Gasteiger partial charge in [0.1, 0.15) is 5.82 Å². The Labute approximate surface area is 126 Å². The van der Waals surface area contributed by atoms with Crippen LogP contribution in [0.5, 0.6) is 0 Å². The lowest BCUT2D eigenvalue weighted by Gasteiger charge is -2.30. The predicted molar refractivity (Wildman–Crippen MR) is 77.6 cm³/mol. The Balaban J connectivity index is 1.73. The number of fused-ring (bicyclic) bond motifs is 1. The Hall–Kier alpha value is -2.83. The smallest absolute Gasteiger partial charge is 0.243 e. The number of aromatic nitrogens is 5. The van der Waals surface area contributed by atoms with Crippen molar-refractivity contribution in [3.05, 3.63) is 65.7 Å². The fraction of sp³-hybridized carbons (Fsp3) is 0.200. The maximum atomic E-state index is 13.2. The topological polar surface area (TPSA) is 68.5 Å². The maximum Gasteiger partial charge on any atom is 0.243 e. The molecule has 2 aromatic heterocycles. The van der Waals surface area contributed by atoms with Crippen molar-refractivity contribution in [3.63, 3.8) is 0 Å². The molecule has 6 nitrogen and oxygen atoms in total. The number of anilines is 1. The maximum absolute atomic E-state index is 13.2. The summed E-state index contributed by atoms with van der Waals surface area (Å²) in [5.74, 6) is 0.355. The molecule has 0 unspecified atom stereocenters. The quantitative estimate of drug-likeness (QED) is 0.786. The minimum Gasteiger partial charge on any atom is -0.346 e. The van der Waals surface area contributed by atoms with Gasteiger partial charge in [0.25, 0.3) is 0 Å². The highest BCUT2D eigenvalue weighted by molar-refractivity contribution is 5.36. The minimum atomic E-state index is -0.251. The van der Waals surface area contributed by atoms with Gasteiger partial charge in [0.15, 0.2) is 0 Å². The number of nitrogens with zero attached hydrogens (tertiary/aromatic N) is 5. The lowest BCUT2D eigenvalue weighted by Crippen LogP contribution is -2.28. The molecule has 1 aromatic carbocycles. The fourth-order valence-corrected chi connectivity index (χ4v) is 2.80. The summed E-state index contributed by atoms with van der Waals surface area (Å²) < 4.78 is 14.9. The first-order chi connectivity index (χ1) is 10.8. The molecule has 22 heavy (non-hydrogen) atoms. The Morgan fingerprint density at radius 2 is 2.00 bits per heavy atom. The molecule has 2 atom stereocenters. The van der Waals surface area contributed by atoms with Crippen molar-refractivity contribution in [1.82, 2.24) is 25.2 Å². The van der Waals surface area contributed by atoms with E-state index in [0.29, 0.717) is 5.95 Å². The van der Waals surface area contributed by atoms with Gasteiger partial charge in [-0.05, 0) is 46.2 Å². The van der Waals surface area contributed by atoms with Gasteiger partial charge in [-0.3, -0.25) is 4.98 Å². The highest BCUT2D eigenvalue weighted by atomic mass is 19.1. The van der Waals surface area contributed by atoms with Gasteiger partial charge in [0.2, 0.25) is 5.95 Å². The second kappa shape index (κ2) is 5.18. The van der Waals surface area contributed by atoms with Gasteiger partial charge >= 0.3 is 0 Å². The average molecular weight is 296 g/mol. The molecule has 110 valence electrons. The molecular formula is C15H13FN6. The molecular weight excluding hydrogens is 283 g/mol. The second-order valence-corrected chi connectivity index (χ2v) is 5.23. The molecule has 7 heteroatoms. The van der Waals surface area contributed by atoms with E-state index in [4.69, 9.17) is 0 Å². The number of nitrogens with one attached hydrogen (secondary N) is 1. The fourth-order valence-electron chi connectivity index (χ4n) is 2.80. The summed E-state index contributed by atoms with van der Waals surface area (Å²) in [7, 11) is 0. The molecule has 0 spiro atoms. The zero-order chi connectivity index (χ0) is 14.9. The largest absolute Gasteiger partial charge is 0.346 e. The van der Waals surface area contributed by atoms with Crippen LogP contribution < -0.4 is 5.32 Å². The zero-order valence-electron chi connectivity index (χ0n) is 11.6. The third kappa shape index (κ3) is 2.20. The standard InChI is InChI=1S/C15H13FN6/c16-12-5-3-10(4-6-12)14-8-13(11-2-1-7-17-9-11)18-15-19-20-21-22(14)15/h1-7,9,13-14H,8H2,(H,18,19,21)/t13-,14-/m0/s1. The third-order valence-corrected chi connectivity index (χ3v) is 3.89. The van der Waals surface area contributed by atoms with E-state index < -0.39 is 0 Å². The lowest BCUT2D eigenvalue weighted by molar-refractivity contribution is 0.423. The SMILES string of the molecule is Fc1ccc([C@@H]2C[C@@H](c3cccnc3)Nc3nnnn32)cc1. The average Bonchev–Trinajstić information content (AvgIpc) is 3.04. The van der Waals surface area contributed by atoms with E-state index in [9.17, 15) is 4.39 Å². The van der Waals surface area contributed by atoms with Crippen LogP contribution in [0.25, 0.3) is 0 Å². The van der Waals surface area contributed by atoms with Crippen molar-refractivity contribution >= 4 is 5.95 Å². The zero-order valence-corrected chi connectivity index (χ0v) is 11.6. The Morgan fingerprint density at radius 1 is 1.14 bits per heavy atom. The van der Waals surface area contributed by atoms with Crippen molar-refractivity contribution < 1.29 is 4.39 Å². The van der Waals surface area contributed by atoms with Gasteiger partial charge in [0.05, 0.1) is 12.1 Å². The monoisotopic (exact) mass is 296 g/mol. The van der Waals surface area contributed by atoms with Crippen LogP contribution >= 0.6 is 0 Å². The molecule has 0 fully saturated rings. The van der Waals surface area contributed by atoms with Crippen LogP contribution in [-0.4, -0.2) is 25.2 Å². The molecule has 4 rings (SSSR count). The van der Waals surface area contributed by atoms with Crippen LogP contribution in [0.4, 0.5) is 10.3 Å². The molecule has 0 bridgehead atoms. The van der Waals surface area contributed by atoms with Crippen LogP contribution in [-0.2, 0) is 0 Å². The summed E-state index contributed by atoms with van der Waals surface area (Å²) in [5, 5.41) is 15.1. The van der Waals surface area contributed by atoms with E-state index in [1.807, 2.05) is 18.3 Å². The lowest BCUT2D eigenvalue weighted by atomic mass is 9.94. The molecule has 0 saturated carbocycles. The molecule has 0 amide bonds.